The molecule has 11 nitrogen and oxygen atoms in total. The number of ketones is 1. The van der Waals surface area contributed by atoms with Gasteiger partial charge in [-0.15, -0.1) is 0 Å². The number of nitrogens with one attached hydrogen (secondary N) is 2. The van der Waals surface area contributed by atoms with Gasteiger partial charge in [-0.2, -0.15) is 26.7 Å². The molecule has 4 aromatic heterocycles. The van der Waals surface area contributed by atoms with Crippen LogP contribution in [0.5, 0.6) is 11.6 Å². The highest BCUT2D eigenvalue weighted by Crippen LogP contribution is 2.32. The van der Waals surface area contributed by atoms with E-state index in [4.69, 9.17) is 10.5 Å². The molecule has 0 fully saturated rings. The molecule has 240 valence electrons. The number of alkyl halides is 3. The molecule has 0 aliphatic rings. The molecule has 4 heterocycles. The lowest BCUT2D eigenvalue weighted by molar-refractivity contribution is -0.137. The van der Waals surface area contributed by atoms with Crippen molar-refractivity contribution in [2.75, 3.05) is 10.5 Å². The van der Waals surface area contributed by atoms with Crippen LogP contribution in [0.3, 0.4) is 0 Å². The number of hydrogen-bond donors (Lipinski definition) is 3. The largest absolute Gasteiger partial charge is 0.436 e. The Bertz CT molecular complexity index is 2300. The molecule has 6 aromatic rings. The average Bonchev–Trinajstić information content (AvgIpc) is 3.60. The summed E-state index contributed by atoms with van der Waals surface area (Å²) in [6, 6.07) is 13.1. The van der Waals surface area contributed by atoms with Crippen LogP contribution in [0.2, 0.25) is 0 Å². The summed E-state index contributed by atoms with van der Waals surface area (Å²) in [4.78, 5) is 24.2. The number of sulfonamides is 1. The number of nitrogens with zero attached hydrogens (tertiary/aromatic N) is 4. The third kappa shape index (κ3) is 6.09. The summed E-state index contributed by atoms with van der Waals surface area (Å²) in [5.74, 6) is -0.904. The lowest BCUT2D eigenvalue weighted by atomic mass is 10.1. The van der Waals surface area contributed by atoms with Crippen LogP contribution < -0.4 is 15.2 Å². The monoisotopic (exact) mass is 665 g/mol. The number of nitrogen functional groups attached to an aromatic ring is 1. The van der Waals surface area contributed by atoms with Gasteiger partial charge in [0.15, 0.2) is 16.6 Å². The lowest BCUT2D eigenvalue weighted by Gasteiger charge is -2.12. The van der Waals surface area contributed by atoms with E-state index in [1.54, 1.807) is 38.1 Å². The van der Waals surface area contributed by atoms with Gasteiger partial charge in [-0.05, 0) is 67.4 Å². The predicted molar refractivity (Wildman–Crippen MR) is 163 cm³/mol. The first-order valence-electron chi connectivity index (χ1n) is 13.7. The molecule has 0 unspecified atom stereocenters. The third-order valence-corrected chi connectivity index (χ3v) is 8.44. The normalized spacial score (nSPS) is 12.0. The topological polar surface area (TPSA) is 158 Å². The van der Waals surface area contributed by atoms with E-state index in [9.17, 15) is 30.8 Å². The van der Waals surface area contributed by atoms with Crippen molar-refractivity contribution in [1.29, 1.82) is 0 Å². The highest BCUT2D eigenvalue weighted by molar-refractivity contribution is 7.92. The number of aromatic nitrogens is 5. The van der Waals surface area contributed by atoms with Crippen molar-refractivity contribution in [2.45, 2.75) is 25.0 Å². The number of para-hydroxylation sites is 1. The number of ether oxygens (including phenoxy) is 1. The molecule has 0 amide bonds. The van der Waals surface area contributed by atoms with E-state index in [0.717, 1.165) is 6.20 Å². The van der Waals surface area contributed by atoms with Gasteiger partial charge in [0.2, 0.25) is 11.7 Å². The second kappa shape index (κ2) is 11.5. The average molecular weight is 666 g/mol. The van der Waals surface area contributed by atoms with Gasteiger partial charge in [-0.3, -0.25) is 9.52 Å². The van der Waals surface area contributed by atoms with Crippen LogP contribution in [0.25, 0.3) is 16.6 Å². The molecule has 6 rings (SSSR count). The Kier molecular flexibility index (Phi) is 7.67. The summed E-state index contributed by atoms with van der Waals surface area (Å²) < 4.78 is 88.3. The fourth-order valence-corrected chi connectivity index (χ4v) is 5.86. The first kappa shape index (κ1) is 31.2. The SMILES string of the molecule is Cc1cc2cc(C(=O)c3cnn(-c4cnc(Oc5ccccc5F)cc4C)c3N)[nH]c2cc1NS(=O)(=O)c1cc(C(F)(F)F)ccn1. The standard InChI is InChI=1S/C31H23F4N7O4S/c1-16-9-18-11-24(40-23(18)13-22(16)41-47(44,45)28-12-19(7-8-37-28)31(33,34)35)29(43)20-14-39-42(30(20)36)25-15-38-27(10-17(25)2)46-26-6-4-3-5-21(26)32/h3-15,40-41H,36H2,1-2H3. The van der Waals surface area contributed by atoms with Gasteiger partial charge in [0.1, 0.15) is 5.82 Å². The predicted octanol–water partition coefficient (Wildman–Crippen LogP) is 6.32. The molecule has 0 aliphatic carbocycles. The molecule has 16 heteroatoms. The summed E-state index contributed by atoms with van der Waals surface area (Å²) in [6.45, 7) is 3.33. The highest BCUT2D eigenvalue weighted by atomic mass is 32.2. The van der Waals surface area contributed by atoms with E-state index in [1.807, 2.05) is 0 Å². The Labute approximate surface area is 264 Å². The maximum atomic E-state index is 14.0. The first-order valence-corrected chi connectivity index (χ1v) is 15.2. The van der Waals surface area contributed by atoms with Crippen LogP contribution >= 0.6 is 0 Å². The van der Waals surface area contributed by atoms with Crippen LogP contribution in [0, 0.1) is 19.7 Å². The number of pyridine rings is 2. The Hall–Kier alpha value is -5.77. The highest BCUT2D eigenvalue weighted by Gasteiger charge is 2.32. The molecule has 0 bridgehead atoms. The molecule has 0 atom stereocenters. The number of benzene rings is 2. The smallest absolute Gasteiger partial charge is 0.416 e. The quantitative estimate of drug-likeness (QED) is 0.126. The fraction of sp³-hybridized carbons (Fsp3) is 0.0968. The Balaban J connectivity index is 1.25. The zero-order chi connectivity index (χ0) is 33.7. The van der Waals surface area contributed by atoms with Crippen molar-refractivity contribution in [2.24, 2.45) is 0 Å². The van der Waals surface area contributed by atoms with Crippen LogP contribution in [0.15, 0.2) is 84.3 Å². The van der Waals surface area contributed by atoms with Gasteiger partial charge in [0, 0.05) is 23.2 Å². The number of fused-ring (bicyclic) bond motifs is 1. The fourth-order valence-electron chi connectivity index (χ4n) is 4.77. The summed E-state index contributed by atoms with van der Waals surface area (Å²) >= 11 is 0. The maximum absolute atomic E-state index is 14.0. The number of H-pyrrole nitrogens is 1. The molecule has 0 aliphatic heterocycles. The van der Waals surface area contributed by atoms with Crippen LogP contribution in [0.1, 0.15) is 32.7 Å². The maximum Gasteiger partial charge on any atom is 0.416 e. The van der Waals surface area contributed by atoms with Crippen molar-refractivity contribution < 1.29 is 35.5 Å². The minimum absolute atomic E-state index is 0.00409. The number of aryl methyl sites for hydroxylation is 2. The van der Waals surface area contributed by atoms with Gasteiger partial charge in [0.25, 0.3) is 10.0 Å². The number of halogens is 4. The number of aromatic amines is 1. The second-order valence-corrected chi connectivity index (χ2v) is 12.1. The minimum atomic E-state index is -4.76. The number of nitrogens with two attached hydrogens (primary N) is 1. The van der Waals surface area contributed by atoms with Crippen LogP contribution in [-0.2, 0) is 16.2 Å². The van der Waals surface area contributed by atoms with Gasteiger partial charge in [-0.1, -0.05) is 12.1 Å². The number of anilines is 2. The number of hydrogen-bond acceptors (Lipinski definition) is 8. The Morgan fingerprint density at radius 1 is 1.00 bits per heavy atom. The van der Waals surface area contributed by atoms with Crippen molar-refractivity contribution in [3.8, 4) is 17.3 Å². The summed E-state index contributed by atoms with van der Waals surface area (Å²) in [6.07, 6.45) is -1.28. The van der Waals surface area contributed by atoms with Gasteiger partial charge < -0.3 is 15.5 Å². The third-order valence-electron chi connectivity index (χ3n) is 7.18. The molecule has 0 saturated carbocycles. The van der Waals surface area contributed by atoms with E-state index < -0.39 is 38.4 Å². The van der Waals surface area contributed by atoms with Crippen LogP contribution in [0.4, 0.5) is 29.1 Å². The molecule has 2 aromatic carbocycles. The van der Waals surface area contributed by atoms with E-state index in [2.05, 4.69) is 24.8 Å². The number of carbonyl (C=O) groups excluding carboxylic acids is 1. The van der Waals surface area contributed by atoms with Crippen molar-refractivity contribution in [3.05, 3.63) is 113 Å². The van der Waals surface area contributed by atoms with Gasteiger partial charge in [0.05, 0.1) is 40.6 Å². The zero-order valence-corrected chi connectivity index (χ0v) is 25.2. The summed E-state index contributed by atoms with van der Waals surface area (Å²) in [7, 11) is -4.49. The van der Waals surface area contributed by atoms with E-state index in [1.165, 1.54) is 41.3 Å². The van der Waals surface area contributed by atoms with Gasteiger partial charge >= 0.3 is 6.18 Å². The van der Waals surface area contributed by atoms with Gasteiger partial charge in [-0.25, -0.2) is 19.0 Å². The molecular formula is C31H23F4N7O4S. The number of rotatable bonds is 8. The van der Waals surface area contributed by atoms with Crippen molar-refractivity contribution in [1.82, 2.24) is 24.7 Å². The Morgan fingerprint density at radius 2 is 1.77 bits per heavy atom. The summed E-state index contributed by atoms with van der Waals surface area (Å²) in [5.41, 5.74) is 7.29. The molecule has 4 N–H and O–H groups in total. The minimum Gasteiger partial charge on any atom is -0.436 e. The lowest BCUT2D eigenvalue weighted by Crippen LogP contribution is -2.16. The first-order chi connectivity index (χ1) is 22.2. The molecule has 0 radical (unpaired) electrons. The molecule has 0 spiro atoms. The zero-order valence-electron chi connectivity index (χ0n) is 24.4. The Morgan fingerprint density at radius 3 is 2.49 bits per heavy atom. The van der Waals surface area contributed by atoms with Crippen molar-refractivity contribution in [3.63, 3.8) is 0 Å². The van der Waals surface area contributed by atoms with E-state index in [0.29, 0.717) is 39.8 Å². The van der Waals surface area contributed by atoms with E-state index >= 15 is 0 Å². The molecular weight excluding hydrogens is 642 g/mol. The number of carbonyl (C=O) groups is 1. The summed E-state index contributed by atoms with van der Waals surface area (Å²) in [5, 5.41) is 4.01. The molecule has 47 heavy (non-hydrogen) atoms. The van der Waals surface area contributed by atoms with E-state index in [-0.39, 0.29) is 34.4 Å². The molecule has 0 saturated heterocycles. The van der Waals surface area contributed by atoms with Crippen molar-refractivity contribution >= 4 is 38.2 Å². The van der Waals surface area contributed by atoms with Crippen LogP contribution in [-0.4, -0.2) is 38.9 Å². The second-order valence-electron chi connectivity index (χ2n) is 10.4.